The van der Waals surface area contributed by atoms with Crippen molar-refractivity contribution >= 4 is 21.9 Å². The van der Waals surface area contributed by atoms with E-state index in [9.17, 15) is 4.79 Å². The van der Waals surface area contributed by atoms with Crippen LogP contribution >= 0.6 is 15.9 Å². The standard InChI is InChI=1S/C11H11BrO3/c1-2-3-7-15-9-6-4-5-8(12)10(9)11(13)14/h2-6H,7H2,1H3,(H,13,14)/b3-2+. The Bertz CT molecular complexity index is 385. The molecule has 0 fully saturated rings. The number of rotatable bonds is 4. The van der Waals surface area contributed by atoms with Gasteiger partial charge in [-0.25, -0.2) is 4.79 Å². The minimum Gasteiger partial charge on any atom is -0.489 e. The number of halogens is 1. The van der Waals surface area contributed by atoms with Gasteiger partial charge in [-0.05, 0) is 35.0 Å². The minimum atomic E-state index is -1.00. The van der Waals surface area contributed by atoms with E-state index in [2.05, 4.69) is 15.9 Å². The van der Waals surface area contributed by atoms with E-state index in [1.165, 1.54) is 0 Å². The van der Waals surface area contributed by atoms with Gasteiger partial charge in [0.05, 0.1) is 0 Å². The monoisotopic (exact) mass is 270 g/mol. The van der Waals surface area contributed by atoms with Gasteiger partial charge in [0, 0.05) is 4.47 Å². The fraction of sp³-hybridized carbons (Fsp3) is 0.182. The van der Waals surface area contributed by atoms with Gasteiger partial charge in [-0.15, -0.1) is 0 Å². The molecule has 0 aromatic heterocycles. The summed E-state index contributed by atoms with van der Waals surface area (Å²) in [7, 11) is 0. The molecule has 0 heterocycles. The molecule has 1 aromatic rings. The third kappa shape index (κ3) is 3.09. The van der Waals surface area contributed by atoms with Gasteiger partial charge in [0.1, 0.15) is 17.9 Å². The molecule has 4 heteroatoms. The summed E-state index contributed by atoms with van der Waals surface area (Å²) in [5.74, 6) is -0.632. The van der Waals surface area contributed by atoms with Crippen molar-refractivity contribution in [1.82, 2.24) is 0 Å². The fourth-order valence-corrected chi connectivity index (χ4v) is 1.58. The maximum Gasteiger partial charge on any atom is 0.340 e. The number of carboxylic acids is 1. The second-order valence-corrected chi connectivity index (χ2v) is 3.65. The van der Waals surface area contributed by atoms with E-state index in [1.54, 1.807) is 18.2 Å². The summed E-state index contributed by atoms with van der Waals surface area (Å²) in [6, 6.07) is 5.05. The number of carboxylic acid groups (broad SMARTS) is 1. The largest absolute Gasteiger partial charge is 0.489 e. The molecular formula is C11H11BrO3. The van der Waals surface area contributed by atoms with Gasteiger partial charge in [-0.3, -0.25) is 0 Å². The molecule has 0 aliphatic heterocycles. The first-order chi connectivity index (χ1) is 7.16. The molecule has 0 saturated heterocycles. The Labute approximate surface area is 96.5 Å². The second-order valence-electron chi connectivity index (χ2n) is 2.80. The summed E-state index contributed by atoms with van der Waals surface area (Å²) in [6.45, 7) is 2.25. The molecule has 0 atom stereocenters. The van der Waals surface area contributed by atoms with E-state index >= 15 is 0 Å². The van der Waals surface area contributed by atoms with E-state index in [4.69, 9.17) is 9.84 Å². The highest BCUT2D eigenvalue weighted by Crippen LogP contribution is 2.26. The van der Waals surface area contributed by atoms with Crippen molar-refractivity contribution in [3.63, 3.8) is 0 Å². The minimum absolute atomic E-state index is 0.155. The molecule has 15 heavy (non-hydrogen) atoms. The lowest BCUT2D eigenvalue weighted by Crippen LogP contribution is -2.04. The van der Waals surface area contributed by atoms with Crippen LogP contribution in [0.1, 0.15) is 17.3 Å². The van der Waals surface area contributed by atoms with Crippen LogP contribution in [0.4, 0.5) is 0 Å². The molecule has 0 radical (unpaired) electrons. The summed E-state index contributed by atoms with van der Waals surface area (Å²) in [6.07, 6.45) is 3.66. The van der Waals surface area contributed by atoms with Crippen molar-refractivity contribution in [3.05, 3.63) is 40.4 Å². The normalized spacial score (nSPS) is 10.5. The van der Waals surface area contributed by atoms with E-state index in [-0.39, 0.29) is 5.56 Å². The number of carbonyl (C=O) groups is 1. The van der Waals surface area contributed by atoms with Crippen LogP contribution in [0.3, 0.4) is 0 Å². The SMILES string of the molecule is C/C=C/COc1cccc(Br)c1C(=O)O. The third-order valence-electron chi connectivity index (χ3n) is 1.76. The number of allylic oxidation sites excluding steroid dienone is 1. The maximum atomic E-state index is 10.9. The van der Waals surface area contributed by atoms with Gasteiger partial charge < -0.3 is 9.84 Å². The molecule has 80 valence electrons. The Kier molecular flexibility index (Phi) is 4.37. The van der Waals surface area contributed by atoms with E-state index < -0.39 is 5.97 Å². The highest BCUT2D eigenvalue weighted by Gasteiger charge is 2.14. The Morgan fingerprint density at radius 2 is 2.33 bits per heavy atom. The lowest BCUT2D eigenvalue weighted by atomic mass is 10.2. The molecule has 0 spiro atoms. The third-order valence-corrected chi connectivity index (χ3v) is 2.42. The molecule has 0 unspecified atom stereocenters. The number of hydrogen-bond donors (Lipinski definition) is 1. The van der Waals surface area contributed by atoms with E-state index in [0.29, 0.717) is 16.8 Å². The van der Waals surface area contributed by atoms with Crippen LogP contribution in [0.15, 0.2) is 34.8 Å². The van der Waals surface area contributed by atoms with E-state index in [0.717, 1.165) is 0 Å². The van der Waals surface area contributed by atoms with Crippen LogP contribution in [-0.2, 0) is 0 Å². The van der Waals surface area contributed by atoms with Crippen molar-refractivity contribution in [1.29, 1.82) is 0 Å². The Balaban J connectivity index is 2.95. The number of ether oxygens (including phenoxy) is 1. The summed E-state index contributed by atoms with van der Waals surface area (Å²) in [5, 5.41) is 8.97. The lowest BCUT2D eigenvalue weighted by molar-refractivity contribution is 0.0691. The highest BCUT2D eigenvalue weighted by molar-refractivity contribution is 9.10. The summed E-state index contributed by atoms with van der Waals surface area (Å²) in [4.78, 5) is 10.9. The van der Waals surface area contributed by atoms with Crippen LogP contribution < -0.4 is 4.74 Å². The van der Waals surface area contributed by atoms with Crippen LogP contribution in [0, 0.1) is 0 Å². The summed E-state index contributed by atoms with van der Waals surface area (Å²) < 4.78 is 5.84. The van der Waals surface area contributed by atoms with Gasteiger partial charge in [-0.1, -0.05) is 18.2 Å². The van der Waals surface area contributed by atoms with Crippen molar-refractivity contribution in [2.24, 2.45) is 0 Å². The van der Waals surface area contributed by atoms with Gasteiger partial charge in [0.2, 0.25) is 0 Å². The predicted molar refractivity (Wildman–Crippen MR) is 61.4 cm³/mol. The predicted octanol–water partition coefficient (Wildman–Crippen LogP) is 3.10. The molecule has 3 nitrogen and oxygen atoms in total. The van der Waals surface area contributed by atoms with Crippen LogP contribution in [0.5, 0.6) is 5.75 Å². The first-order valence-electron chi connectivity index (χ1n) is 4.42. The molecule has 0 saturated carbocycles. The second kappa shape index (κ2) is 5.56. The Morgan fingerprint density at radius 1 is 1.60 bits per heavy atom. The maximum absolute atomic E-state index is 10.9. The molecule has 0 aliphatic rings. The Morgan fingerprint density at radius 3 is 2.93 bits per heavy atom. The molecule has 0 amide bonds. The average molecular weight is 271 g/mol. The topological polar surface area (TPSA) is 46.5 Å². The Hall–Kier alpha value is -1.29. The quantitative estimate of drug-likeness (QED) is 0.856. The smallest absolute Gasteiger partial charge is 0.340 e. The van der Waals surface area contributed by atoms with Crippen LogP contribution in [0.2, 0.25) is 0 Å². The molecule has 0 aliphatic carbocycles. The van der Waals surface area contributed by atoms with Crippen LogP contribution in [0.25, 0.3) is 0 Å². The van der Waals surface area contributed by atoms with E-state index in [1.807, 2.05) is 19.1 Å². The van der Waals surface area contributed by atoms with Crippen molar-refractivity contribution in [2.75, 3.05) is 6.61 Å². The summed E-state index contributed by atoms with van der Waals surface area (Å²) >= 11 is 3.18. The number of aromatic carboxylic acids is 1. The zero-order chi connectivity index (χ0) is 11.3. The molecular weight excluding hydrogens is 260 g/mol. The first kappa shape index (κ1) is 11.8. The zero-order valence-electron chi connectivity index (χ0n) is 8.24. The highest BCUT2D eigenvalue weighted by atomic mass is 79.9. The van der Waals surface area contributed by atoms with Crippen molar-refractivity contribution in [2.45, 2.75) is 6.92 Å². The van der Waals surface area contributed by atoms with Crippen molar-refractivity contribution in [3.8, 4) is 5.75 Å². The first-order valence-corrected chi connectivity index (χ1v) is 5.22. The van der Waals surface area contributed by atoms with Crippen LogP contribution in [-0.4, -0.2) is 17.7 Å². The van der Waals surface area contributed by atoms with Crippen molar-refractivity contribution < 1.29 is 14.6 Å². The lowest BCUT2D eigenvalue weighted by Gasteiger charge is -2.08. The molecule has 1 rings (SSSR count). The molecule has 1 aromatic carbocycles. The molecule has 1 N–H and O–H groups in total. The van der Waals surface area contributed by atoms with Gasteiger partial charge >= 0.3 is 5.97 Å². The fourth-order valence-electron chi connectivity index (χ4n) is 1.07. The zero-order valence-corrected chi connectivity index (χ0v) is 9.82. The van der Waals surface area contributed by atoms with Gasteiger partial charge in [0.25, 0.3) is 0 Å². The number of hydrogen-bond acceptors (Lipinski definition) is 2. The summed E-state index contributed by atoms with van der Waals surface area (Å²) in [5.41, 5.74) is 0.155. The number of benzene rings is 1. The average Bonchev–Trinajstić information content (AvgIpc) is 2.17. The van der Waals surface area contributed by atoms with Gasteiger partial charge in [-0.2, -0.15) is 0 Å². The molecule has 0 bridgehead atoms. The van der Waals surface area contributed by atoms with Gasteiger partial charge in [0.15, 0.2) is 0 Å².